The average Bonchev–Trinajstić information content (AvgIpc) is 2.91. The number of nitro benzene ring substituents is 1. The van der Waals surface area contributed by atoms with E-state index in [0.717, 1.165) is 37.5 Å². The number of nitrogens with one attached hydrogen (secondary N) is 1. The Balaban J connectivity index is 1.99. The van der Waals surface area contributed by atoms with Crippen LogP contribution in [-0.4, -0.2) is 29.1 Å². The van der Waals surface area contributed by atoms with E-state index in [1.165, 1.54) is 0 Å². The van der Waals surface area contributed by atoms with Crippen LogP contribution in [0.1, 0.15) is 29.6 Å². The van der Waals surface area contributed by atoms with Crippen LogP contribution >= 0.6 is 0 Å². The standard InChI is InChI=1S/C14H17FN2O4/c15-13-6-11(17(20)21)4-5-12(13)14(19)16-7-9-2-1-3-10(9)8-18/h4-6,9-10,18H,1-3,7-8H2,(H,16,19). The Bertz CT molecular complexity index is 550. The molecular weight excluding hydrogens is 279 g/mol. The van der Waals surface area contributed by atoms with Gasteiger partial charge in [0.25, 0.3) is 11.6 Å². The van der Waals surface area contributed by atoms with Crippen LogP contribution in [0, 0.1) is 27.8 Å². The van der Waals surface area contributed by atoms with Crippen molar-refractivity contribution in [3.05, 3.63) is 39.7 Å². The van der Waals surface area contributed by atoms with Gasteiger partial charge in [0.1, 0.15) is 5.82 Å². The molecule has 0 heterocycles. The topological polar surface area (TPSA) is 92.5 Å². The van der Waals surface area contributed by atoms with Crippen LogP contribution in [0.2, 0.25) is 0 Å². The number of rotatable bonds is 5. The molecule has 2 unspecified atom stereocenters. The van der Waals surface area contributed by atoms with Crippen LogP contribution in [0.25, 0.3) is 0 Å². The summed E-state index contributed by atoms with van der Waals surface area (Å²) in [6.45, 7) is 0.465. The van der Waals surface area contributed by atoms with Gasteiger partial charge in [-0.1, -0.05) is 6.42 Å². The minimum absolute atomic E-state index is 0.0897. The molecule has 6 nitrogen and oxygen atoms in total. The fourth-order valence-electron chi connectivity index (χ4n) is 2.74. The van der Waals surface area contributed by atoms with Crippen molar-refractivity contribution in [3.8, 4) is 0 Å². The molecule has 0 aliphatic heterocycles. The third-order valence-corrected chi connectivity index (χ3v) is 3.98. The van der Waals surface area contributed by atoms with E-state index in [9.17, 15) is 24.4 Å². The smallest absolute Gasteiger partial charge is 0.272 e. The lowest BCUT2D eigenvalue weighted by Crippen LogP contribution is -2.32. The summed E-state index contributed by atoms with van der Waals surface area (Å²) >= 11 is 0. The number of benzene rings is 1. The number of carbonyl (C=O) groups excluding carboxylic acids is 1. The normalized spacial score (nSPS) is 21.2. The van der Waals surface area contributed by atoms with Gasteiger partial charge in [-0.15, -0.1) is 0 Å². The Morgan fingerprint density at radius 2 is 2.14 bits per heavy atom. The number of halogens is 1. The molecule has 7 heteroatoms. The molecule has 21 heavy (non-hydrogen) atoms. The van der Waals surface area contributed by atoms with Gasteiger partial charge in [0.2, 0.25) is 0 Å². The van der Waals surface area contributed by atoms with E-state index in [1.54, 1.807) is 0 Å². The van der Waals surface area contributed by atoms with E-state index in [4.69, 9.17) is 0 Å². The van der Waals surface area contributed by atoms with Crippen molar-refractivity contribution in [2.24, 2.45) is 11.8 Å². The van der Waals surface area contributed by atoms with Crippen LogP contribution in [0.5, 0.6) is 0 Å². The molecule has 2 N–H and O–H groups in total. The maximum absolute atomic E-state index is 13.7. The molecule has 1 aliphatic rings. The largest absolute Gasteiger partial charge is 0.396 e. The number of hydrogen-bond acceptors (Lipinski definition) is 4. The molecule has 0 spiro atoms. The predicted octanol–water partition coefficient (Wildman–Crippen LogP) is 1.87. The molecule has 0 saturated heterocycles. The predicted molar refractivity (Wildman–Crippen MR) is 73.3 cm³/mol. The zero-order chi connectivity index (χ0) is 15.4. The fraction of sp³-hybridized carbons (Fsp3) is 0.500. The van der Waals surface area contributed by atoms with Gasteiger partial charge in [0.15, 0.2) is 0 Å². The van der Waals surface area contributed by atoms with Crippen molar-refractivity contribution in [3.63, 3.8) is 0 Å². The Morgan fingerprint density at radius 3 is 2.76 bits per heavy atom. The van der Waals surface area contributed by atoms with Gasteiger partial charge < -0.3 is 10.4 Å². The van der Waals surface area contributed by atoms with E-state index in [2.05, 4.69) is 5.32 Å². The van der Waals surface area contributed by atoms with Crippen LogP contribution in [0.4, 0.5) is 10.1 Å². The Hall–Kier alpha value is -2.02. The Labute approximate surface area is 121 Å². The number of hydrogen-bond donors (Lipinski definition) is 2. The molecule has 2 atom stereocenters. The van der Waals surface area contributed by atoms with E-state index >= 15 is 0 Å². The minimum atomic E-state index is -0.910. The number of nitrogens with zero attached hydrogens (tertiary/aromatic N) is 1. The van der Waals surface area contributed by atoms with Crippen molar-refractivity contribution in [2.45, 2.75) is 19.3 Å². The van der Waals surface area contributed by atoms with Crippen molar-refractivity contribution in [1.29, 1.82) is 0 Å². The summed E-state index contributed by atoms with van der Waals surface area (Å²) in [5.74, 6) is -1.13. The molecule has 1 aliphatic carbocycles. The molecule has 1 aromatic rings. The van der Waals surface area contributed by atoms with Gasteiger partial charge in [-0.3, -0.25) is 14.9 Å². The van der Waals surface area contributed by atoms with Gasteiger partial charge in [-0.05, 0) is 30.7 Å². The average molecular weight is 296 g/mol. The number of amides is 1. The first-order valence-electron chi connectivity index (χ1n) is 6.86. The molecule has 2 rings (SSSR count). The molecule has 1 aromatic carbocycles. The van der Waals surface area contributed by atoms with Gasteiger partial charge in [0.05, 0.1) is 16.6 Å². The number of aliphatic hydroxyl groups is 1. The molecule has 0 bridgehead atoms. The number of aliphatic hydroxyl groups excluding tert-OH is 1. The van der Waals surface area contributed by atoms with Crippen molar-refractivity contribution in [1.82, 2.24) is 5.32 Å². The summed E-state index contributed by atoms with van der Waals surface area (Å²) in [6, 6.07) is 2.95. The molecule has 0 radical (unpaired) electrons. The highest BCUT2D eigenvalue weighted by molar-refractivity contribution is 5.94. The Kier molecular flexibility index (Phi) is 4.85. The second-order valence-electron chi connectivity index (χ2n) is 5.26. The summed E-state index contributed by atoms with van der Waals surface area (Å²) in [5, 5.41) is 22.4. The lowest BCUT2D eigenvalue weighted by molar-refractivity contribution is -0.385. The molecule has 1 saturated carbocycles. The van der Waals surface area contributed by atoms with E-state index < -0.39 is 16.6 Å². The first-order chi connectivity index (χ1) is 10.0. The monoisotopic (exact) mass is 296 g/mol. The van der Waals surface area contributed by atoms with E-state index in [-0.39, 0.29) is 29.7 Å². The number of carbonyl (C=O) groups is 1. The first-order valence-corrected chi connectivity index (χ1v) is 6.86. The summed E-state index contributed by atoms with van der Waals surface area (Å²) in [7, 11) is 0. The van der Waals surface area contributed by atoms with Crippen molar-refractivity contribution >= 4 is 11.6 Å². The number of nitro groups is 1. The maximum atomic E-state index is 13.7. The highest BCUT2D eigenvalue weighted by atomic mass is 19.1. The second kappa shape index (κ2) is 6.62. The zero-order valence-electron chi connectivity index (χ0n) is 11.4. The van der Waals surface area contributed by atoms with Crippen LogP contribution in [0.15, 0.2) is 18.2 Å². The van der Waals surface area contributed by atoms with Gasteiger partial charge in [0, 0.05) is 19.2 Å². The highest BCUT2D eigenvalue weighted by Crippen LogP contribution is 2.30. The fourth-order valence-corrected chi connectivity index (χ4v) is 2.74. The van der Waals surface area contributed by atoms with Crippen molar-refractivity contribution < 1.29 is 19.2 Å². The molecular formula is C14H17FN2O4. The van der Waals surface area contributed by atoms with Gasteiger partial charge in [-0.2, -0.15) is 0 Å². The van der Waals surface area contributed by atoms with Crippen molar-refractivity contribution in [2.75, 3.05) is 13.2 Å². The SMILES string of the molecule is O=C(NCC1CCCC1CO)c1ccc([N+](=O)[O-])cc1F. The van der Waals surface area contributed by atoms with E-state index in [1.807, 2.05) is 0 Å². The second-order valence-corrected chi connectivity index (χ2v) is 5.26. The zero-order valence-corrected chi connectivity index (χ0v) is 11.4. The lowest BCUT2D eigenvalue weighted by atomic mass is 9.97. The molecule has 1 amide bonds. The quantitative estimate of drug-likeness (QED) is 0.641. The summed E-state index contributed by atoms with van der Waals surface area (Å²) in [6.07, 6.45) is 2.87. The van der Waals surface area contributed by atoms with Gasteiger partial charge >= 0.3 is 0 Å². The molecule has 0 aromatic heterocycles. The molecule has 1 fully saturated rings. The lowest BCUT2D eigenvalue weighted by Gasteiger charge is -2.17. The van der Waals surface area contributed by atoms with Crippen LogP contribution in [0.3, 0.4) is 0 Å². The third kappa shape index (κ3) is 3.55. The summed E-state index contributed by atoms with van der Waals surface area (Å²) in [4.78, 5) is 21.7. The Morgan fingerprint density at radius 1 is 1.43 bits per heavy atom. The summed E-state index contributed by atoms with van der Waals surface area (Å²) in [5.41, 5.74) is -0.598. The highest BCUT2D eigenvalue weighted by Gasteiger charge is 2.27. The van der Waals surface area contributed by atoms with Crippen LogP contribution < -0.4 is 5.32 Å². The summed E-state index contributed by atoms with van der Waals surface area (Å²) < 4.78 is 13.7. The maximum Gasteiger partial charge on any atom is 0.272 e. The third-order valence-electron chi connectivity index (χ3n) is 3.98. The first kappa shape index (κ1) is 15.4. The minimum Gasteiger partial charge on any atom is -0.396 e. The van der Waals surface area contributed by atoms with Gasteiger partial charge in [-0.25, -0.2) is 4.39 Å². The molecule has 114 valence electrons. The number of non-ortho nitro benzene ring substituents is 1. The van der Waals surface area contributed by atoms with Crippen LogP contribution in [-0.2, 0) is 0 Å². The van der Waals surface area contributed by atoms with E-state index in [0.29, 0.717) is 6.54 Å².